The molecule has 0 heterocycles. The highest BCUT2D eigenvalue weighted by atomic mass is 19.1. The smallest absolute Gasteiger partial charge is 0.247 e. The molecule has 0 aromatic rings. The summed E-state index contributed by atoms with van der Waals surface area (Å²) in [6, 6.07) is 0. The van der Waals surface area contributed by atoms with E-state index in [2.05, 4.69) is 0 Å². The van der Waals surface area contributed by atoms with Crippen molar-refractivity contribution in [3.63, 3.8) is 0 Å². The van der Waals surface area contributed by atoms with Crippen molar-refractivity contribution in [1.82, 2.24) is 0 Å². The second-order valence-corrected chi connectivity index (χ2v) is 1.36. The van der Waals surface area contributed by atoms with Crippen LogP contribution in [0, 0.1) is 0 Å². The summed E-state index contributed by atoms with van der Waals surface area (Å²) in [5.41, 5.74) is 0. The first-order valence-corrected chi connectivity index (χ1v) is 1.97. The van der Waals surface area contributed by atoms with Crippen LogP contribution in [0.5, 0.6) is 0 Å². The fourth-order valence-corrected chi connectivity index (χ4v) is 0.230. The molecule has 0 aliphatic heterocycles. The number of hydrogen-bond acceptors (Lipinski definition) is 1. The van der Waals surface area contributed by atoms with Gasteiger partial charge in [0.05, 0.1) is 6.42 Å². The summed E-state index contributed by atoms with van der Waals surface area (Å²) in [6.07, 6.45) is -1.79. The molecular formula is C4H6FO2. The number of alkyl halides is 1. The van der Waals surface area contributed by atoms with Crippen molar-refractivity contribution >= 4 is 5.97 Å². The highest BCUT2D eigenvalue weighted by Crippen LogP contribution is 1.93. The lowest BCUT2D eigenvalue weighted by Crippen LogP contribution is -2.01. The molecule has 41 valence electrons. The van der Waals surface area contributed by atoms with Crippen LogP contribution < -0.4 is 0 Å². The van der Waals surface area contributed by atoms with Crippen molar-refractivity contribution in [2.24, 2.45) is 0 Å². The van der Waals surface area contributed by atoms with Gasteiger partial charge in [-0.05, 0) is 6.92 Å². The van der Waals surface area contributed by atoms with Crippen LogP contribution >= 0.6 is 0 Å². The molecule has 0 aromatic carbocycles. The first-order chi connectivity index (χ1) is 3.13. The minimum atomic E-state index is -1.34. The van der Waals surface area contributed by atoms with E-state index in [1.807, 2.05) is 0 Å². The molecule has 0 saturated heterocycles. The van der Waals surface area contributed by atoms with Crippen LogP contribution in [0.4, 0.5) is 4.39 Å². The van der Waals surface area contributed by atoms with Gasteiger partial charge in [-0.2, -0.15) is 0 Å². The maximum Gasteiger partial charge on any atom is 0.358 e. The van der Waals surface area contributed by atoms with Crippen LogP contribution in [0.3, 0.4) is 0 Å². The molecule has 0 saturated carbocycles. The van der Waals surface area contributed by atoms with Crippen molar-refractivity contribution in [2.45, 2.75) is 19.5 Å². The van der Waals surface area contributed by atoms with Gasteiger partial charge in [-0.3, -0.25) is 0 Å². The second kappa shape index (κ2) is 2.55. The van der Waals surface area contributed by atoms with Gasteiger partial charge in [0.2, 0.25) is 0 Å². The third kappa shape index (κ3) is 5.40. The maximum absolute atomic E-state index is 11.5. The number of hydrogen-bond donors (Lipinski definition) is 0. The van der Waals surface area contributed by atoms with Crippen LogP contribution in [-0.4, -0.2) is 12.1 Å². The molecule has 7 heavy (non-hydrogen) atoms. The van der Waals surface area contributed by atoms with E-state index in [1.54, 1.807) is 0 Å². The summed E-state index contributed by atoms with van der Waals surface area (Å²) in [4.78, 5) is 9.46. The Balaban J connectivity index is 3.13. The lowest BCUT2D eigenvalue weighted by molar-refractivity contribution is -0.144. The summed E-state index contributed by atoms with van der Waals surface area (Å²) in [6.45, 7) is 1.18. The summed E-state index contributed by atoms with van der Waals surface area (Å²) >= 11 is 0. The molecule has 0 amide bonds. The van der Waals surface area contributed by atoms with Crippen molar-refractivity contribution in [3.8, 4) is 0 Å². The molecule has 0 aliphatic carbocycles. The van der Waals surface area contributed by atoms with E-state index in [-0.39, 0.29) is 0 Å². The van der Waals surface area contributed by atoms with Crippen molar-refractivity contribution in [1.29, 1.82) is 0 Å². The fraction of sp³-hybridized carbons (Fsp3) is 0.750. The number of carbonyl (C=O) groups excluding carboxylic acids is 1. The SMILES string of the molecule is CC(F)CC([O])=O. The standard InChI is InChI=1S/C4H6FO2/c1-3(5)2-4(6)7/h3H,2H2,1H3. The number of carbonyl (C=O) groups is 1. The molecule has 0 spiro atoms. The van der Waals surface area contributed by atoms with Gasteiger partial charge in [0.1, 0.15) is 6.17 Å². The topological polar surface area (TPSA) is 37.0 Å². The van der Waals surface area contributed by atoms with Crippen molar-refractivity contribution < 1.29 is 14.3 Å². The van der Waals surface area contributed by atoms with Crippen LogP contribution in [0.1, 0.15) is 13.3 Å². The lowest BCUT2D eigenvalue weighted by atomic mass is 10.3. The van der Waals surface area contributed by atoms with Gasteiger partial charge in [-0.25, -0.2) is 14.3 Å². The first-order valence-electron chi connectivity index (χ1n) is 1.97. The highest BCUT2D eigenvalue weighted by Gasteiger charge is 2.04. The molecule has 0 aliphatic rings. The summed E-state index contributed by atoms with van der Waals surface area (Å²) in [5, 5.41) is 9.46. The van der Waals surface area contributed by atoms with Crippen LogP contribution in [0.25, 0.3) is 0 Å². The molecule has 0 bridgehead atoms. The average molecular weight is 105 g/mol. The summed E-state index contributed by atoms with van der Waals surface area (Å²) < 4.78 is 11.5. The molecule has 0 aromatic heterocycles. The minimum absolute atomic E-state index is 0.500. The molecule has 0 rings (SSSR count). The Bertz CT molecular complexity index is 70.1. The van der Waals surface area contributed by atoms with E-state index in [4.69, 9.17) is 0 Å². The quantitative estimate of drug-likeness (QED) is 0.509. The Kier molecular flexibility index (Phi) is 2.33. The largest absolute Gasteiger partial charge is 0.358 e. The van der Waals surface area contributed by atoms with Gasteiger partial charge in [0.15, 0.2) is 0 Å². The van der Waals surface area contributed by atoms with E-state index in [9.17, 15) is 14.3 Å². The van der Waals surface area contributed by atoms with Crippen molar-refractivity contribution in [2.75, 3.05) is 0 Å². The minimum Gasteiger partial charge on any atom is -0.247 e. The first kappa shape index (κ1) is 6.40. The molecule has 2 nitrogen and oxygen atoms in total. The van der Waals surface area contributed by atoms with Gasteiger partial charge in [0, 0.05) is 0 Å². The van der Waals surface area contributed by atoms with Gasteiger partial charge >= 0.3 is 5.97 Å². The Morgan fingerprint density at radius 1 is 1.86 bits per heavy atom. The van der Waals surface area contributed by atoms with E-state index in [0.29, 0.717) is 0 Å². The third-order valence-electron chi connectivity index (χ3n) is 0.448. The van der Waals surface area contributed by atoms with E-state index >= 15 is 0 Å². The Labute approximate surface area is 41.0 Å². The zero-order valence-electron chi connectivity index (χ0n) is 3.98. The maximum atomic E-state index is 11.5. The van der Waals surface area contributed by atoms with Gasteiger partial charge < -0.3 is 0 Å². The molecule has 1 unspecified atom stereocenters. The molecule has 0 fully saturated rings. The van der Waals surface area contributed by atoms with Crippen molar-refractivity contribution in [3.05, 3.63) is 0 Å². The van der Waals surface area contributed by atoms with E-state index in [0.717, 1.165) is 0 Å². The monoisotopic (exact) mass is 105 g/mol. The molecular weight excluding hydrogens is 99.0 g/mol. The van der Waals surface area contributed by atoms with E-state index in [1.165, 1.54) is 6.92 Å². The van der Waals surface area contributed by atoms with Gasteiger partial charge in [-0.15, -0.1) is 0 Å². The van der Waals surface area contributed by atoms with E-state index < -0.39 is 18.6 Å². The lowest BCUT2D eigenvalue weighted by Gasteiger charge is -1.88. The Morgan fingerprint density at radius 3 is 2.29 bits per heavy atom. The van der Waals surface area contributed by atoms with Gasteiger partial charge in [0.25, 0.3) is 0 Å². The highest BCUT2D eigenvalue weighted by molar-refractivity contribution is 5.66. The molecule has 0 N–H and O–H groups in total. The number of rotatable bonds is 2. The fourth-order valence-electron chi connectivity index (χ4n) is 0.230. The zero-order valence-corrected chi connectivity index (χ0v) is 3.98. The van der Waals surface area contributed by atoms with Crippen LogP contribution in [0.15, 0.2) is 0 Å². The Hall–Kier alpha value is -0.600. The van der Waals surface area contributed by atoms with Gasteiger partial charge in [-0.1, -0.05) is 0 Å². The predicted molar refractivity (Wildman–Crippen MR) is 20.9 cm³/mol. The Morgan fingerprint density at radius 2 is 2.29 bits per heavy atom. The zero-order chi connectivity index (χ0) is 5.86. The normalized spacial score (nSPS) is 13.4. The second-order valence-electron chi connectivity index (χ2n) is 1.36. The average Bonchev–Trinajstić information content (AvgIpc) is 1.27. The molecule has 1 atom stereocenters. The number of halogens is 1. The third-order valence-corrected chi connectivity index (χ3v) is 0.448. The van der Waals surface area contributed by atoms with Crippen LogP contribution in [0.2, 0.25) is 0 Å². The molecule has 3 heteroatoms. The summed E-state index contributed by atoms with van der Waals surface area (Å²) in [5.74, 6) is -1.34. The predicted octanol–water partition coefficient (Wildman–Crippen LogP) is 0.692. The summed E-state index contributed by atoms with van der Waals surface area (Å²) in [7, 11) is 0. The van der Waals surface area contributed by atoms with Crippen LogP contribution in [-0.2, 0) is 9.90 Å². The molecule has 1 radical (unpaired) electrons.